The lowest BCUT2D eigenvalue weighted by molar-refractivity contribution is 0.590. The van der Waals surface area contributed by atoms with Crippen LogP contribution in [0.5, 0.6) is 0 Å². The topological polar surface area (TPSA) is 54.7 Å². The zero-order valence-corrected chi connectivity index (χ0v) is 8.22. The predicted molar refractivity (Wildman–Crippen MR) is 53.2 cm³/mol. The van der Waals surface area contributed by atoms with E-state index in [1.165, 1.54) is 6.07 Å². The molecule has 0 bridgehead atoms. The van der Waals surface area contributed by atoms with E-state index in [4.69, 9.17) is 5.73 Å². The monoisotopic (exact) mass is 211 g/mol. The van der Waals surface area contributed by atoms with E-state index in [2.05, 4.69) is 9.97 Å². The van der Waals surface area contributed by atoms with Crippen molar-refractivity contribution in [2.45, 2.75) is 19.4 Å². The number of nitrogens with two attached hydrogens (primary N) is 1. The summed E-state index contributed by atoms with van der Waals surface area (Å²) >= 11 is 0. The number of imidazole rings is 1. The van der Waals surface area contributed by atoms with Gasteiger partial charge in [-0.3, -0.25) is 0 Å². The Balaban J connectivity index is 2.60. The fraction of sp³-hybridized carbons (Fsp3) is 0.300. The number of hydrogen-bond donors (Lipinski definition) is 2. The minimum Gasteiger partial charge on any atom is -0.340 e. The minimum absolute atomic E-state index is 0.135. The summed E-state index contributed by atoms with van der Waals surface area (Å²) in [6.07, 6.45) is 0.684. The number of aromatic amines is 1. The maximum absolute atomic E-state index is 13.3. The summed E-state index contributed by atoms with van der Waals surface area (Å²) in [5.41, 5.74) is 6.21. The Kier molecular flexibility index (Phi) is 2.40. The Labute approximate surface area is 85.3 Å². The third-order valence-corrected chi connectivity index (χ3v) is 2.31. The Hall–Kier alpha value is -1.49. The fourth-order valence-electron chi connectivity index (χ4n) is 1.43. The first-order valence-electron chi connectivity index (χ1n) is 4.72. The van der Waals surface area contributed by atoms with E-state index >= 15 is 0 Å². The first-order valence-corrected chi connectivity index (χ1v) is 4.72. The fourth-order valence-corrected chi connectivity index (χ4v) is 1.43. The van der Waals surface area contributed by atoms with Crippen molar-refractivity contribution in [3.05, 3.63) is 29.6 Å². The molecule has 0 fully saturated rings. The van der Waals surface area contributed by atoms with Gasteiger partial charge in [-0.1, -0.05) is 6.92 Å². The molecule has 5 heteroatoms. The molecule has 15 heavy (non-hydrogen) atoms. The van der Waals surface area contributed by atoms with Crippen molar-refractivity contribution in [1.82, 2.24) is 9.97 Å². The molecule has 0 aliphatic rings. The van der Waals surface area contributed by atoms with E-state index < -0.39 is 11.6 Å². The van der Waals surface area contributed by atoms with Crippen LogP contribution < -0.4 is 5.73 Å². The minimum atomic E-state index is -0.671. The standard InChI is InChI=1S/C10H11F2N3/c1-2-7(13)10-14-8-4-5(11)3-6(12)9(8)15-10/h3-4,7H,2,13H2,1H3,(H,14,15). The van der Waals surface area contributed by atoms with Gasteiger partial charge in [-0.25, -0.2) is 13.8 Å². The molecule has 0 aliphatic carbocycles. The van der Waals surface area contributed by atoms with Crippen LogP contribution in [0, 0.1) is 11.6 Å². The highest BCUT2D eigenvalue weighted by atomic mass is 19.1. The van der Waals surface area contributed by atoms with Crippen LogP contribution in [0.2, 0.25) is 0 Å². The second-order valence-electron chi connectivity index (χ2n) is 3.42. The molecule has 1 aromatic carbocycles. The lowest BCUT2D eigenvalue weighted by Gasteiger charge is -2.02. The van der Waals surface area contributed by atoms with E-state index in [9.17, 15) is 8.78 Å². The molecule has 3 nitrogen and oxygen atoms in total. The Morgan fingerprint density at radius 3 is 2.87 bits per heavy atom. The molecule has 2 aromatic rings. The summed E-state index contributed by atoms with van der Waals surface area (Å²) < 4.78 is 26.1. The van der Waals surface area contributed by atoms with E-state index in [1.807, 2.05) is 6.92 Å². The highest BCUT2D eigenvalue weighted by molar-refractivity contribution is 5.75. The lowest BCUT2D eigenvalue weighted by Crippen LogP contribution is -2.10. The van der Waals surface area contributed by atoms with E-state index in [0.717, 1.165) is 6.07 Å². The van der Waals surface area contributed by atoms with Gasteiger partial charge in [0.05, 0.1) is 11.6 Å². The van der Waals surface area contributed by atoms with Gasteiger partial charge in [0.2, 0.25) is 0 Å². The van der Waals surface area contributed by atoms with Crippen LogP contribution in [0.4, 0.5) is 8.78 Å². The molecular weight excluding hydrogens is 200 g/mol. The van der Waals surface area contributed by atoms with Crippen LogP contribution in [-0.2, 0) is 0 Å². The van der Waals surface area contributed by atoms with Crippen molar-refractivity contribution in [3.8, 4) is 0 Å². The quantitative estimate of drug-likeness (QED) is 0.800. The summed E-state index contributed by atoms with van der Waals surface area (Å²) in [6.45, 7) is 1.90. The summed E-state index contributed by atoms with van der Waals surface area (Å²) in [4.78, 5) is 6.81. The average Bonchev–Trinajstić information content (AvgIpc) is 2.60. The molecule has 2 rings (SSSR count). The SMILES string of the molecule is CCC(N)c1nc2c(F)cc(F)cc2[nH]1. The molecule has 0 amide bonds. The number of nitrogens with zero attached hydrogens (tertiary/aromatic N) is 1. The van der Waals surface area contributed by atoms with Gasteiger partial charge in [0.25, 0.3) is 0 Å². The Morgan fingerprint density at radius 1 is 1.47 bits per heavy atom. The van der Waals surface area contributed by atoms with Gasteiger partial charge < -0.3 is 10.7 Å². The van der Waals surface area contributed by atoms with Gasteiger partial charge in [-0.15, -0.1) is 0 Å². The average molecular weight is 211 g/mol. The normalized spacial score (nSPS) is 13.3. The van der Waals surface area contributed by atoms with Crippen LogP contribution in [-0.4, -0.2) is 9.97 Å². The summed E-state index contributed by atoms with van der Waals surface area (Å²) in [5.74, 6) is -0.812. The maximum Gasteiger partial charge on any atom is 0.153 e. The molecule has 1 heterocycles. The molecule has 1 aromatic heterocycles. The van der Waals surface area contributed by atoms with Gasteiger partial charge in [0.15, 0.2) is 5.82 Å². The number of benzene rings is 1. The molecule has 0 spiro atoms. The van der Waals surface area contributed by atoms with Gasteiger partial charge in [0, 0.05) is 6.07 Å². The largest absolute Gasteiger partial charge is 0.340 e. The number of aromatic nitrogens is 2. The third kappa shape index (κ3) is 1.70. The molecule has 0 saturated carbocycles. The second-order valence-corrected chi connectivity index (χ2v) is 3.42. The number of nitrogens with one attached hydrogen (secondary N) is 1. The molecule has 1 unspecified atom stereocenters. The first-order chi connectivity index (χ1) is 7.11. The number of hydrogen-bond acceptors (Lipinski definition) is 2. The highest BCUT2D eigenvalue weighted by Gasteiger charge is 2.13. The number of halogens is 2. The Morgan fingerprint density at radius 2 is 2.20 bits per heavy atom. The van der Waals surface area contributed by atoms with Crippen molar-refractivity contribution in [2.75, 3.05) is 0 Å². The molecule has 0 radical (unpaired) electrons. The van der Waals surface area contributed by atoms with Crippen molar-refractivity contribution in [1.29, 1.82) is 0 Å². The number of rotatable bonds is 2. The molecule has 0 aliphatic heterocycles. The molecular formula is C10H11F2N3. The van der Waals surface area contributed by atoms with E-state index in [0.29, 0.717) is 17.8 Å². The van der Waals surface area contributed by atoms with E-state index in [1.54, 1.807) is 0 Å². The molecule has 1 atom stereocenters. The smallest absolute Gasteiger partial charge is 0.153 e. The highest BCUT2D eigenvalue weighted by Crippen LogP contribution is 2.20. The van der Waals surface area contributed by atoms with Gasteiger partial charge >= 0.3 is 0 Å². The van der Waals surface area contributed by atoms with Crippen LogP contribution in [0.1, 0.15) is 25.2 Å². The predicted octanol–water partition coefficient (Wildman–Crippen LogP) is 2.25. The third-order valence-electron chi connectivity index (χ3n) is 2.31. The zero-order chi connectivity index (χ0) is 11.0. The van der Waals surface area contributed by atoms with Crippen molar-refractivity contribution in [3.63, 3.8) is 0 Å². The van der Waals surface area contributed by atoms with Gasteiger partial charge in [0.1, 0.15) is 17.2 Å². The van der Waals surface area contributed by atoms with Crippen LogP contribution in [0.3, 0.4) is 0 Å². The molecule has 80 valence electrons. The van der Waals surface area contributed by atoms with E-state index in [-0.39, 0.29) is 11.6 Å². The maximum atomic E-state index is 13.3. The van der Waals surface area contributed by atoms with Crippen molar-refractivity contribution < 1.29 is 8.78 Å². The van der Waals surface area contributed by atoms with Crippen molar-refractivity contribution in [2.24, 2.45) is 5.73 Å². The zero-order valence-electron chi connectivity index (χ0n) is 8.22. The first kappa shape index (κ1) is 10.0. The van der Waals surface area contributed by atoms with Gasteiger partial charge in [-0.05, 0) is 12.5 Å². The lowest BCUT2D eigenvalue weighted by atomic mass is 10.2. The second kappa shape index (κ2) is 3.58. The van der Waals surface area contributed by atoms with Crippen LogP contribution >= 0.6 is 0 Å². The summed E-state index contributed by atoms with van der Waals surface area (Å²) in [7, 11) is 0. The number of H-pyrrole nitrogens is 1. The summed E-state index contributed by atoms with van der Waals surface area (Å²) in [5, 5.41) is 0. The summed E-state index contributed by atoms with van der Waals surface area (Å²) in [6, 6.07) is 1.74. The molecule has 0 saturated heterocycles. The van der Waals surface area contributed by atoms with Crippen LogP contribution in [0.25, 0.3) is 11.0 Å². The number of fused-ring (bicyclic) bond motifs is 1. The Bertz CT molecular complexity index is 493. The van der Waals surface area contributed by atoms with Crippen molar-refractivity contribution >= 4 is 11.0 Å². The van der Waals surface area contributed by atoms with Crippen LogP contribution in [0.15, 0.2) is 12.1 Å². The van der Waals surface area contributed by atoms with Gasteiger partial charge in [-0.2, -0.15) is 0 Å². The molecule has 3 N–H and O–H groups in total.